The largest absolute Gasteiger partial charge is 0.441 e. The zero-order chi connectivity index (χ0) is 20.3. The van der Waals surface area contributed by atoms with E-state index in [2.05, 4.69) is 23.7 Å². The van der Waals surface area contributed by atoms with Crippen LogP contribution in [0.5, 0.6) is 0 Å². The molecule has 0 saturated carbocycles. The van der Waals surface area contributed by atoms with Gasteiger partial charge in [-0.25, -0.2) is 9.37 Å². The molecule has 1 saturated heterocycles. The molecule has 28 heavy (non-hydrogen) atoms. The third-order valence-corrected chi connectivity index (χ3v) is 5.29. The van der Waals surface area contributed by atoms with Crippen molar-refractivity contribution in [3.8, 4) is 11.5 Å². The highest BCUT2D eigenvalue weighted by atomic mass is 19.1. The van der Waals surface area contributed by atoms with Crippen LogP contribution in [0.2, 0.25) is 0 Å². The zero-order valence-corrected chi connectivity index (χ0v) is 16.9. The van der Waals surface area contributed by atoms with Crippen LogP contribution in [-0.2, 0) is 16.0 Å². The van der Waals surface area contributed by atoms with Crippen molar-refractivity contribution in [3.63, 3.8) is 0 Å². The summed E-state index contributed by atoms with van der Waals surface area (Å²) in [6.07, 6.45) is 0.183. The van der Waals surface area contributed by atoms with E-state index < -0.39 is 0 Å². The molecule has 2 aromatic rings. The van der Waals surface area contributed by atoms with Gasteiger partial charge in [0.15, 0.2) is 0 Å². The predicted molar refractivity (Wildman–Crippen MR) is 104 cm³/mol. The Morgan fingerprint density at radius 1 is 1.32 bits per heavy atom. The molecule has 3 rings (SSSR count). The summed E-state index contributed by atoms with van der Waals surface area (Å²) in [7, 11) is 1.70. The molecule has 7 heteroatoms. The van der Waals surface area contributed by atoms with Crippen LogP contribution in [0.25, 0.3) is 11.5 Å². The Kier molecular flexibility index (Phi) is 6.46. The number of carbonyl (C=O) groups excluding carboxylic acids is 1. The van der Waals surface area contributed by atoms with Gasteiger partial charge in [0.2, 0.25) is 11.8 Å². The topological polar surface area (TPSA) is 58.8 Å². The lowest BCUT2D eigenvalue weighted by molar-refractivity contribution is -0.135. The highest BCUT2D eigenvalue weighted by molar-refractivity contribution is 5.79. The molecule has 0 bridgehead atoms. The summed E-state index contributed by atoms with van der Waals surface area (Å²) in [6.45, 7) is 8.96. The second kappa shape index (κ2) is 8.84. The molecule has 2 unspecified atom stereocenters. The van der Waals surface area contributed by atoms with Gasteiger partial charge in [0.1, 0.15) is 11.6 Å². The van der Waals surface area contributed by atoms with Gasteiger partial charge in [0.05, 0.1) is 18.7 Å². The summed E-state index contributed by atoms with van der Waals surface area (Å²) in [4.78, 5) is 21.6. The highest BCUT2D eigenvalue weighted by Crippen LogP contribution is 2.23. The number of hydrogen-bond donors (Lipinski definition) is 0. The number of halogens is 1. The first-order chi connectivity index (χ1) is 13.4. The Bertz CT molecular complexity index is 811. The molecule has 1 aliphatic rings. The minimum absolute atomic E-state index is 0.0345. The van der Waals surface area contributed by atoms with E-state index in [1.807, 2.05) is 4.90 Å². The first-order valence-electron chi connectivity index (χ1n) is 9.63. The van der Waals surface area contributed by atoms with Crippen LogP contribution in [0.1, 0.15) is 25.3 Å². The average molecular weight is 389 g/mol. The minimum atomic E-state index is -0.347. The molecule has 6 nitrogen and oxygen atoms in total. The second-order valence-corrected chi connectivity index (χ2v) is 7.44. The van der Waals surface area contributed by atoms with E-state index in [9.17, 15) is 9.18 Å². The first kappa shape index (κ1) is 20.5. The van der Waals surface area contributed by atoms with Crippen molar-refractivity contribution in [2.75, 3.05) is 33.4 Å². The highest BCUT2D eigenvalue weighted by Gasteiger charge is 2.32. The molecule has 152 valence electrons. The molecule has 1 aromatic heterocycles. The Morgan fingerprint density at radius 3 is 2.68 bits per heavy atom. The number of carbonyl (C=O) groups is 1. The molecule has 0 aliphatic carbocycles. The number of aromatic nitrogens is 1. The fourth-order valence-electron chi connectivity index (χ4n) is 3.79. The third-order valence-electron chi connectivity index (χ3n) is 5.29. The van der Waals surface area contributed by atoms with Gasteiger partial charge in [0, 0.05) is 44.4 Å². The van der Waals surface area contributed by atoms with Gasteiger partial charge in [0.25, 0.3) is 0 Å². The van der Waals surface area contributed by atoms with Gasteiger partial charge >= 0.3 is 0 Å². The SMILES string of the molecule is COCCN1C(C)CN(C(=O)Cc2nc(-c3cccc(F)c3)oc2C)CC1C. The van der Waals surface area contributed by atoms with Crippen LogP contribution in [0.4, 0.5) is 4.39 Å². The quantitative estimate of drug-likeness (QED) is 0.760. The van der Waals surface area contributed by atoms with Crippen LogP contribution in [0.3, 0.4) is 0 Å². The van der Waals surface area contributed by atoms with Crippen molar-refractivity contribution in [3.05, 3.63) is 41.5 Å². The Balaban J connectivity index is 1.67. The van der Waals surface area contributed by atoms with E-state index in [-0.39, 0.29) is 30.2 Å². The monoisotopic (exact) mass is 389 g/mol. The van der Waals surface area contributed by atoms with E-state index in [4.69, 9.17) is 9.15 Å². The Morgan fingerprint density at radius 2 is 2.04 bits per heavy atom. The van der Waals surface area contributed by atoms with Gasteiger partial charge in [-0.05, 0) is 39.0 Å². The number of benzene rings is 1. The van der Waals surface area contributed by atoms with Crippen LogP contribution in [0, 0.1) is 12.7 Å². The molecular weight excluding hydrogens is 361 g/mol. The van der Waals surface area contributed by atoms with E-state index in [1.54, 1.807) is 26.2 Å². The third kappa shape index (κ3) is 4.59. The van der Waals surface area contributed by atoms with Crippen molar-refractivity contribution in [1.29, 1.82) is 0 Å². The number of aryl methyl sites for hydroxylation is 1. The van der Waals surface area contributed by atoms with Gasteiger partial charge in [-0.15, -0.1) is 0 Å². The fourth-order valence-corrected chi connectivity index (χ4v) is 3.79. The van der Waals surface area contributed by atoms with Crippen molar-refractivity contribution in [1.82, 2.24) is 14.8 Å². The Hall–Kier alpha value is -2.25. The van der Waals surface area contributed by atoms with Gasteiger partial charge in [-0.1, -0.05) is 6.07 Å². The smallest absolute Gasteiger partial charge is 0.228 e. The molecule has 1 aliphatic heterocycles. The summed E-state index contributed by atoms with van der Waals surface area (Å²) in [5, 5.41) is 0. The fraction of sp³-hybridized carbons (Fsp3) is 0.524. The molecule has 1 fully saturated rings. The van der Waals surface area contributed by atoms with E-state index >= 15 is 0 Å². The number of hydrogen-bond acceptors (Lipinski definition) is 5. The lowest BCUT2D eigenvalue weighted by atomic mass is 10.1. The van der Waals surface area contributed by atoms with Gasteiger partial charge in [-0.2, -0.15) is 0 Å². The predicted octanol–water partition coefficient (Wildman–Crippen LogP) is 2.90. The lowest BCUT2D eigenvalue weighted by Crippen LogP contribution is -2.58. The molecule has 1 aromatic carbocycles. The van der Waals surface area contributed by atoms with Crippen LogP contribution in [-0.4, -0.2) is 66.1 Å². The number of rotatable bonds is 6. The van der Waals surface area contributed by atoms with Crippen molar-refractivity contribution < 1.29 is 18.3 Å². The Labute approximate surface area is 165 Å². The molecule has 1 amide bonds. The normalized spacial score (nSPS) is 20.5. The standard InChI is InChI=1S/C21H28FN3O3/c1-14-12-24(13-15(2)25(14)8-9-27-4)20(26)11-19-16(3)28-21(23-19)17-6-5-7-18(22)10-17/h5-7,10,14-15H,8-9,11-13H2,1-4H3. The molecule has 0 radical (unpaired) electrons. The average Bonchev–Trinajstić information content (AvgIpc) is 3.01. The van der Waals surface area contributed by atoms with Crippen molar-refractivity contribution >= 4 is 5.91 Å². The van der Waals surface area contributed by atoms with Crippen LogP contribution in [0.15, 0.2) is 28.7 Å². The number of oxazole rings is 1. The summed E-state index contributed by atoms with van der Waals surface area (Å²) < 4.78 is 24.3. The van der Waals surface area contributed by atoms with Crippen LogP contribution < -0.4 is 0 Å². The maximum atomic E-state index is 13.5. The first-order valence-corrected chi connectivity index (χ1v) is 9.63. The van der Waals surface area contributed by atoms with Crippen molar-refractivity contribution in [2.45, 2.75) is 39.3 Å². The second-order valence-electron chi connectivity index (χ2n) is 7.44. The van der Waals surface area contributed by atoms with Crippen molar-refractivity contribution in [2.24, 2.45) is 0 Å². The summed E-state index contributed by atoms with van der Waals surface area (Å²) >= 11 is 0. The maximum absolute atomic E-state index is 13.5. The summed E-state index contributed by atoms with van der Waals surface area (Å²) in [5.41, 5.74) is 1.17. The van der Waals surface area contributed by atoms with E-state index in [0.29, 0.717) is 42.6 Å². The van der Waals surface area contributed by atoms with Gasteiger partial charge in [-0.3, -0.25) is 9.69 Å². The molecule has 2 heterocycles. The number of piperazine rings is 1. The molecule has 2 atom stereocenters. The minimum Gasteiger partial charge on any atom is -0.441 e. The maximum Gasteiger partial charge on any atom is 0.228 e. The lowest BCUT2D eigenvalue weighted by Gasteiger charge is -2.44. The van der Waals surface area contributed by atoms with Gasteiger partial charge < -0.3 is 14.1 Å². The zero-order valence-electron chi connectivity index (χ0n) is 16.9. The summed E-state index contributed by atoms with van der Waals surface area (Å²) in [6, 6.07) is 6.63. The number of nitrogens with zero attached hydrogens (tertiary/aromatic N) is 3. The molecule has 0 N–H and O–H groups in total. The number of amides is 1. The van der Waals surface area contributed by atoms with E-state index in [0.717, 1.165) is 6.54 Å². The molecule has 0 spiro atoms. The van der Waals surface area contributed by atoms with Crippen LogP contribution >= 0.6 is 0 Å². The van der Waals surface area contributed by atoms with E-state index in [1.165, 1.54) is 12.1 Å². The summed E-state index contributed by atoms with van der Waals surface area (Å²) in [5.74, 6) is 0.617. The number of ether oxygens (including phenoxy) is 1. The molecular formula is C21H28FN3O3. The number of methoxy groups -OCH3 is 1.